The van der Waals surface area contributed by atoms with E-state index in [4.69, 9.17) is 0 Å². The lowest BCUT2D eigenvalue weighted by atomic mass is 9.92. The first-order chi connectivity index (χ1) is 21.2. The standard InChI is InChI=1S/C37H46N4O2/c42-36(41-29-32-17-8-7-16-31(32)28-35(41)37(43)40-22-12-3-13-23-40)20-6-2-11-21-38-24-26-39(27-25-38)34-19-10-9-18-33(34)30-14-4-1-5-15-30/h1,4-5,7-10,14-19,35H,2-3,6,11-13,20-29H2/t35-/m0/s1. The van der Waals surface area contributed by atoms with Gasteiger partial charge in [0, 0.05) is 69.9 Å². The van der Waals surface area contributed by atoms with Crippen LogP contribution in [0.15, 0.2) is 78.9 Å². The number of hydrogen-bond acceptors (Lipinski definition) is 4. The molecular formula is C37H46N4O2. The van der Waals surface area contributed by atoms with Gasteiger partial charge in [-0.05, 0) is 61.4 Å². The SMILES string of the molecule is O=C([C@@H]1Cc2ccccc2CN1C(=O)CCCCCN1CCN(c2ccccc2-c2ccccc2)CC1)N1CCCCC1. The molecular weight excluding hydrogens is 532 g/mol. The Hall–Kier alpha value is -3.64. The fraction of sp³-hybridized carbons (Fsp3) is 0.459. The van der Waals surface area contributed by atoms with Gasteiger partial charge in [-0.25, -0.2) is 0 Å². The van der Waals surface area contributed by atoms with E-state index in [-0.39, 0.29) is 17.9 Å². The Balaban J connectivity index is 0.965. The summed E-state index contributed by atoms with van der Waals surface area (Å²) in [6.07, 6.45) is 7.52. The van der Waals surface area contributed by atoms with Crippen molar-refractivity contribution in [2.45, 2.75) is 64.0 Å². The molecule has 0 saturated carbocycles. The highest BCUT2D eigenvalue weighted by Gasteiger charge is 2.36. The van der Waals surface area contributed by atoms with Crippen molar-refractivity contribution in [2.75, 3.05) is 50.7 Å². The molecule has 0 aromatic heterocycles. The van der Waals surface area contributed by atoms with E-state index in [1.807, 2.05) is 21.9 Å². The third-order valence-corrected chi connectivity index (χ3v) is 9.59. The van der Waals surface area contributed by atoms with Crippen molar-refractivity contribution >= 4 is 17.5 Å². The van der Waals surface area contributed by atoms with E-state index in [0.29, 0.717) is 19.4 Å². The number of unbranched alkanes of at least 4 members (excludes halogenated alkanes) is 2. The number of piperidine rings is 1. The molecule has 6 nitrogen and oxygen atoms in total. The Morgan fingerprint density at radius 2 is 1.37 bits per heavy atom. The zero-order valence-corrected chi connectivity index (χ0v) is 25.5. The largest absolute Gasteiger partial charge is 0.368 e. The lowest BCUT2D eigenvalue weighted by Crippen LogP contribution is -2.54. The zero-order chi connectivity index (χ0) is 29.4. The summed E-state index contributed by atoms with van der Waals surface area (Å²) in [5.74, 6) is 0.281. The minimum absolute atomic E-state index is 0.135. The van der Waals surface area contributed by atoms with E-state index in [0.717, 1.165) is 77.9 Å². The van der Waals surface area contributed by atoms with Crippen LogP contribution in [0.2, 0.25) is 0 Å². The number of likely N-dealkylation sites (tertiary alicyclic amines) is 1. The number of fused-ring (bicyclic) bond motifs is 1. The molecule has 3 aromatic carbocycles. The van der Waals surface area contributed by atoms with Crippen molar-refractivity contribution in [3.05, 3.63) is 90.0 Å². The third-order valence-electron chi connectivity index (χ3n) is 9.59. The quantitative estimate of drug-likeness (QED) is 0.292. The van der Waals surface area contributed by atoms with Crippen LogP contribution in [0.25, 0.3) is 11.1 Å². The Morgan fingerprint density at radius 1 is 0.674 bits per heavy atom. The van der Waals surface area contributed by atoms with Crippen molar-refractivity contribution in [1.82, 2.24) is 14.7 Å². The summed E-state index contributed by atoms with van der Waals surface area (Å²) < 4.78 is 0. The van der Waals surface area contributed by atoms with Crippen LogP contribution in [0.4, 0.5) is 5.69 Å². The van der Waals surface area contributed by atoms with Crippen molar-refractivity contribution < 1.29 is 9.59 Å². The number of hydrogen-bond donors (Lipinski definition) is 0. The maximum absolute atomic E-state index is 13.6. The number of nitrogens with zero attached hydrogens (tertiary/aromatic N) is 4. The number of carbonyl (C=O) groups is 2. The Bertz CT molecular complexity index is 1360. The summed E-state index contributed by atoms with van der Waals surface area (Å²) in [6.45, 7) is 7.48. The van der Waals surface area contributed by atoms with E-state index in [2.05, 4.69) is 76.5 Å². The van der Waals surface area contributed by atoms with Crippen molar-refractivity contribution in [3.8, 4) is 11.1 Å². The highest BCUT2D eigenvalue weighted by atomic mass is 16.2. The molecule has 1 atom stereocenters. The third kappa shape index (κ3) is 7.13. The fourth-order valence-electron chi connectivity index (χ4n) is 7.09. The molecule has 3 aliphatic rings. The van der Waals surface area contributed by atoms with Crippen molar-refractivity contribution in [1.29, 1.82) is 0 Å². The van der Waals surface area contributed by atoms with Crippen LogP contribution in [0.1, 0.15) is 56.1 Å². The Kier molecular flexibility index (Phi) is 9.73. The lowest BCUT2D eigenvalue weighted by molar-refractivity contribution is -0.147. The van der Waals surface area contributed by atoms with E-state index in [1.165, 1.54) is 34.4 Å². The van der Waals surface area contributed by atoms with Gasteiger partial charge in [-0.15, -0.1) is 0 Å². The summed E-state index contributed by atoms with van der Waals surface area (Å²) in [6, 6.07) is 27.4. The molecule has 226 valence electrons. The van der Waals surface area contributed by atoms with Gasteiger partial charge in [-0.2, -0.15) is 0 Å². The van der Waals surface area contributed by atoms with Crippen LogP contribution in [0, 0.1) is 0 Å². The van der Waals surface area contributed by atoms with E-state index in [9.17, 15) is 9.59 Å². The number of amides is 2. The molecule has 6 rings (SSSR count). The minimum atomic E-state index is -0.358. The van der Waals surface area contributed by atoms with Gasteiger partial charge >= 0.3 is 0 Å². The van der Waals surface area contributed by atoms with Crippen LogP contribution in [-0.2, 0) is 22.6 Å². The second-order valence-corrected chi connectivity index (χ2v) is 12.4. The molecule has 0 aliphatic carbocycles. The smallest absolute Gasteiger partial charge is 0.245 e. The van der Waals surface area contributed by atoms with Crippen LogP contribution in [0.5, 0.6) is 0 Å². The highest BCUT2D eigenvalue weighted by molar-refractivity contribution is 5.88. The number of anilines is 1. The van der Waals surface area contributed by atoms with Crippen molar-refractivity contribution in [2.24, 2.45) is 0 Å². The van der Waals surface area contributed by atoms with E-state index in [1.54, 1.807) is 0 Å². The molecule has 3 aromatic rings. The molecule has 0 bridgehead atoms. The van der Waals surface area contributed by atoms with Gasteiger partial charge in [0.15, 0.2) is 0 Å². The first kappa shape index (κ1) is 29.4. The lowest BCUT2D eigenvalue weighted by Gasteiger charge is -2.39. The van der Waals surface area contributed by atoms with Gasteiger partial charge in [0.05, 0.1) is 0 Å². The van der Waals surface area contributed by atoms with E-state index >= 15 is 0 Å². The average molecular weight is 579 g/mol. The maximum atomic E-state index is 13.6. The van der Waals surface area contributed by atoms with Gasteiger partial charge in [0.25, 0.3) is 0 Å². The molecule has 0 radical (unpaired) electrons. The molecule has 2 saturated heterocycles. The molecule has 43 heavy (non-hydrogen) atoms. The summed E-state index contributed by atoms with van der Waals surface area (Å²) in [7, 11) is 0. The number of carbonyl (C=O) groups excluding carboxylic acids is 2. The molecule has 2 amide bonds. The highest BCUT2D eigenvalue weighted by Crippen LogP contribution is 2.31. The topological polar surface area (TPSA) is 47.1 Å². The van der Waals surface area contributed by atoms with Crippen LogP contribution < -0.4 is 4.90 Å². The van der Waals surface area contributed by atoms with Gasteiger partial charge in [-0.1, -0.05) is 79.2 Å². The van der Waals surface area contributed by atoms with Crippen LogP contribution >= 0.6 is 0 Å². The van der Waals surface area contributed by atoms with Gasteiger partial charge < -0.3 is 14.7 Å². The first-order valence-corrected chi connectivity index (χ1v) is 16.4. The molecule has 3 heterocycles. The monoisotopic (exact) mass is 578 g/mol. The number of rotatable bonds is 9. The first-order valence-electron chi connectivity index (χ1n) is 16.4. The summed E-state index contributed by atoms with van der Waals surface area (Å²) >= 11 is 0. The van der Waals surface area contributed by atoms with Crippen LogP contribution in [0.3, 0.4) is 0 Å². The summed E-state index contributed by atoms with van der Waals surface area (Å²) in [5, 5.41) is 0. The van der Waals surface area contributed by atoms with Crippen LogP contribution in [-0.4, -0.2) is 78.4 Å². The molecule has 0 spiro atoms. The number of para-hydroxylation sites is 1. The molecule has 0 unspecified atom stereocenters. The predicted octanol–water partition coefficient (Wildman–Crippen LogP) is 6.00. The molecule has 6 heteroatoms. The normalized spacial score (nSPS) is 19.3. The average Bonchev–Trinajstić information content (AvgIpc) is 3.08. The van der Waals surface area contributed by atoms with Gasteiger partial charge in [0.2, 0.25) is 11.8 Å². The van der Waals surface area contributed by atoms with E-state index < -0.39 is 0 Å². The predicted molar refractivity (Wildman–Crippen MR) is 174 cm³/mol. The fourth-order valence-corrected chi connectivity index (χ4v) is 7.09. The number of benzene rings is 3. The molecule has 3 aliphatic heterocycles. The summed E-state index contributed by atoms with van der Waals surface area (Å²) in [5.41, 5.74) is 6.29. The maximum Gasteiger partial charge on any atom is 0.245 e. The summed E-state index contributed by atoms with van der Waals surface area (Å²) in [4.78, 5) is 36.1. The van der Waals surface area contributed by atoms with Gasteiger partial charge in [-0.3, -0.25) is 14.5 Å². The Morgan fingerprint density at radius 3 is 2.16 bits per heavy atom. The zero-order valence-electron chi connectivity index (χ0n) is 25.5. The molecule has 0 N–H and O–H groups in total. The Labute approximate surface area is 257 Å². The second kappa shape index (κ2) is 14.2. The second-order valence-electron chi connectivity index (χ2n) is 12.4. The minimum Gasteiger partial charge on any atom is -0.368 e. The number of piperazine rings is 1. The molecule has 2 fully saturated rings. The van der Waals surface area contributed by atoms with Crippen molar-refractivity contribution in [3.63, 3.8) is 0 Å². The van der Waals surface area contributed by atoms with Gasteiger partial charge in [0.1, 0.15) is 6.04 Å².